The van der Waals surface area contributed by atoms with Gasteiger partial charge in [-0.05, 0) is 58.9 Å². The van der Waals surface area contributed by atoms with E-state index < -0.39 is 11.2 Å². The fourth-order valence-electron chi connectivity index (χ4n) is 3.43. The maximum absolute atomic E-state index is 12.4. The summed E-state index contributed by atoms with van der Waals surface area (Å²) in [6.45, 7) is 12.5. The molecule has 2 atom stereocenters. The minimum atomic E-state index is -1.04. The molecule has 0 aliphatic carbocycles. The molecule has 30 heavy (non-hydrogen) atoms. The highest BCUT2D eigenvalue weighted by molar-refractivity contribution is 5.79. The third kappa shape index (κ3) is 7.86. The van der Waals surface area contributed by atoms with Crippen molar-refractivity contribution in [2.24, 2.45) is 10.9 Å². The fourth-order valence-corrected chi connectivity index (χ4v) is 3.43. The van der Waals surface area contributed by atoms with Crippen LogP contribution in [0.25, 0.3) is 0 Å². The van der Waals surface area contributed by atoms with Crippen molar-refractivity contribution < 1.29 is 14.6 Å². The van der Waals surface area contributed by atoms with Crippen LogP contribution in [-0.2, 0) is 10.3 Å². The zero-order valence-electron chi connectivity index (χ0n) is 19.1. The highest BCUT2D eigenvalue weighted by Crippen LogP contribution is 2.21. The first-order valence-electron chi connectivity index (χ1n) is 10.9. The lowest BCUT2D eigenvalue weighted by Crippen LogP contribution is -2.47. The second-order valence-corrected chi connectivity index (χ2v) is 9.15. The molecule has 7 nitrogen and oxygen atoms in total. The van der Waals surface area contributed by atoms with Gasteiger partial charge < -0.3 is 25.4 Å². The Morgan fingerprint density at radius 2 is 1.93 bits per heavy atom. The number of aliphatic hydroxyl groups is 1. The zero-order valence-corrected chi connectivity index (χ0v) is 19.1. The van der Waals surface area contributed by atoms with Crippen molar-refractivity contribution in [2.75, 3.05) is 32.7 Å². The molecule has 2 unspecified atom stereocenters. The van der Waals surface area contributed by atoms with E-state index in [0.717, 1.165) is 31.5 Å². The van der Waals surface area contributed by atoms with Gasteiger partial charge in [-0.2, -0.15) is 0 Å². The number of piperidine rings is 1. The molecule has 0 radical (unpaired) electrons. The lowest BCUT2D eigenvalue weighted by molar-refractivity contribution is 0.0168. The topological polar surface area (TPSA) is 86.2 Å². The molecule has 1 aliphatic heterocycles. The van der Waals surface area contributed by atoms with Crippen molar-refractivity contribution in [1.82, 2.24) is 15.5 Å². The molecular weight excluding hydrogens is 380 g/mol. The van der Waals surface area contributed by atoms with Gasteiger partial charge in [0.05, 0.1) is 6.54 Å². The molecule has 3 N–H and O–H groups in total. The van der Waals surface area contributed by atoms with Gasteiger partial charge in [0, 0.05) is 26.2 Å². The van der Waals surface area contributed by atoms with Crippen molar-refractivity contribution in [3.63, 3.8) is 0 Å². The van der Waals surface area contributed by atoms with Gasteiger partial charge in [0.1, 0.15) is 11.2 Å². The summed E-state index contributed by atoms with van der Waals surface area (Å²) in [6, 6.07) is 9.57. The molecule has 1 aliphatic rings. The summed E-state index contributed by atoms with van der Waals surface area (Å²) in [6.07, 6.45) is 1.77. The summed E-state index contributed by atoms with van der Waals surface area (Å²) in [5.41, 5.74) is -0.685. The Kier molecular flexibility index (Phi) is 8.53. The molecule has 2 rings (SSSR count). The Labute approximate surface area is 180 Å². The number of hydrogen-bond acceptors (Lipinski definition) is 4. The fraction of sp³-hybridized carbons (Fsp3) is 0.652. The second-order valence-electron chi connectivity index (χ2n) is 9.15. The van der Waals surface area contributed by atoms with Gasteiger partial charge in [-0.15, -0.1) is 0 Å². The summed E-state index contributed by atoms with van der Waals surface area (Å²) in [5.74, 6) is 0.993. The van der Waals surface area contributed by atoms with E-state index in [4.69, 9.17) is 4.74 Å². The molecule has 0 spiro atoms. The van der Waals surface area contributed by atoms with Gasteiger partial charge >= 0.3 is 6.09 Å². The number of nitrogens with zero attached hydrogens (tertiary/aromatic N) is 2. The minimum Gasteiger partial charge on any atom is -0.444 e. The van der Waals surface area contributed by atoms with Gasteiger partial charge in [0.2, 0.25) is 0 Å². The Morgan fingerprint density at radius 3 is 2.57 bits per heavy atom. The summed E-state index contributed by atoms with van der Waals surface area (Å²) in [4.78, 5) is 18.8. The normalized spacial score (nSPS) is 19.7. The number of carbonyl (C=O) groups excluding carboxylic acids is 1. The third-order valence-corrected chi connectivity index (χ3v) is 5.01. The maximum Gasteiger partial charge on any atom is 0.410 e. The Bertz CT molecular complexity index is 698. The minimum absolute atomic E-state index is 0.244. The van der Waals surface area contributed by atoms with Crippen LogP contribution in [0.4, 0.5) is 4.79 Å². The standard InChI is InChI=1S/C23H38N4O3/c1-6-24-20(26-17-23(5,29)19-12-8-7-9-13-19)25-15-18-11-10-14-27(16-18)21(28)30-22(2,3)4/h7-9,12-13,18,29H,6,10-11,14-17H2,1-5H3,(H2,24,25,26). The average molecular weight is 419 g/mol. The van der Waals surface area contributed by atoms with E-state index in [2.05, 4.69) is 15.6 Å². The predicted molar refractivity (Wildman–Crippen MR) is 121 cm³/mol. The van der Waals surface area contributed by atoms with Crippen LogP contribution >= 0.6 is 0 Å². The van der Waals surface area contributed by atoms with Crippen LogP contribution < -0.4 is 10.6 Å². The van der Waals surface area contributed by atoms with Crippen molar-refractivity contribution >= 4 is 12.1 Å². The molecule has 1 amide bonds. The first-order chi connectivity index (χ1) is 14.1. The zero-order chi connectivity index (χ0) is 22.2. The molecule has 1 heterocycles. The quantitative estimate of drug-likeness (QED) is 0.488. The van der Waals surface area contributed by atoms with Crippen molar-refractivity contribution in [1.29, 1.82) is 0 Å². The monoisotopic (exact) mass is 418 g/mol. The summed E-state index contributed by atoms with van der Waals surface area (Å²) in [5, 5.41) is 17.4. The number of aliphatic imine (C=N–C) groups is 1. The molecule has 168 valence electrons. The van der Waals surface area contributed by atoms with E-state index in [0.29, 0.717) is 25.0 Å². The van der Waals surface area contributed by atoms with Crippen LogP contribution in [0.15, 0.2) is 35.3 Å². The van der Waals surface area contributed by atoms with Gasteiger partial charge in [-0.25, -0.2) is 9.79 Å². The van der Waals surface area contributed by atoms with E-state index in [1.807, 2.05) is 58.0 Å². The van der Waals surface area contributed by atoms with Crippen molar-refractivity contribution in [2.45, 2.75) is 58.7 Å². The predicted octanol–water partition coefficient (Wildman–Crippen LogP) is 3.10. The molecule has 0 aromatic heterocycles. The number of benzene rings is 1. The molecule has 0 bridgehead atoms. The van der Waals surface area contributed by atoms with Crippen LogP contribution in [0, 0.1) is 5.92 Å². The molecule has 1 aromatic rings. The van der Waals surface area contributed by atoms with E-state index in [1.54, 1.807) is 11.8 Å². The molecule has 7 heteroatoms. The molecule has 0 saturated carbocycles. The van der Waals surface area contributed by atoms with Crippen LogP contribution in [-0.4, -0.2) is 60.4 Å². The van der Waals surface area contributed by atoms with Gasteiger partial charge in [0.25, 0.3) is 0 Å². The molecule has 1 saturated heterocycles. The van der Waals surface area contributed by atoms with Crippen LogP contribution in [0.1, 0.15) is 53.0 Å². The number of likely N-dealkylation sites (tertiary alicyclic amines) is 1. The van der Waals surface area contributed by atoms with E-state index in [9.17, 15) is 9.90 Å². The first kappa shape index (κ1) is 24.0. The van der Waals surface area contributed by atoms with Gasteiger partial charge in [-0.1, -0.05) is 30.3 Å². The molecule has 1 fully saturated rings. The van der Waals surface area contributed by atoms with E-state index in [1.165, 1.54) is 0 Å². The number of carbonyl (C=O) groups is 1. The molecular formula is C23H38N4O3. The lowest BCUT2D eigenvalue weighted by atomic mass is 9.96. The Balaban J connectivity index is 1.92. The summed E-state index contributed by atoms with van der Waals surface area (Å²) < 4.78 is 5.51. The SMILES string of the molecule is CCNC(=NCC(C)(O)c1ccccc1)NCC1CCCN(C(=O)OC(C)(C)C)C1. The van der Waals surface area contributed by atoms with Crippen LogP contribution in [0.5, 0.6) is 0 Å². The number of amides is 1. The first-order valence-corrected chi connectivity index (χ1v) is 10.9. The highest BCUT2D eigenvalue weighted by Gasteiger charge is 2.28. The maximum atomic E-state index is 12.4. The van der Waals surface area contributed by atoms with Crippen LogP contribution in [0.2, 0.25) is 0 Å². The lowest BCUT2D eigenvalue weighted by Gasteiger charge is -2.34. The summed E-state index contributed by atoms with van der Waals surface area (Å²) in [7, 11) is 0. The van der Waals surface area contributed by atoms with E-state index in [-0.39, 0.29) is 12.6 Å². The second kappa shape index (κ2) is 10.7. The van der Waals surface area contributed by atoms with E-state index >= 15 is 0 Å². The summed E-state index contributed by atoms with van der Waals surface area (Å²) >= 11 is 0. The highest BCUT2D eigenvalue weighted by atomic mass is 16.6. The largest absolute Gasteiger partial charge is 0.444 e. The van der Waals surface area contributed by atoms with Crippen molar-refractivity contribution in [3.05, 3.63) is 35.9 Å². The van der Waals surface area contributed by atoms with Gasteiger partial charge in [-0.3, -0.25) is 0 Å². The Morgan fingerprint density at radius 1 is 1.23 bits per heavy atom. The number of hydrogen-bond donors (Lipinski definition) is 3. The van der Waals surface area contributed by atoms with Gasteiger partial charge in [0.15, 0.2) is 5.96 Å². The number of nitrogens with one attached hydrogen (secondary N) is 2. The number of guanidine groups is 1. The third-order valence-electron chi connectivity index (χ3n) is 5.01. The Hall–Kier alpha value is -2.28. The van der Waals surface area contributed by atoms with Crippen molar-refractivity contribution in [3.8, 4) is 0 Å². The number of ether oxygens (including phenoxy) is 1. The van der Waals surface area contributed by atoms with Crippen LogP contribution in [0.3, 0.4) is 0 Å². The molecule has 1 aromatic carbocycles. The number of rotatable bonds is 6. The average Bonchev–Trinajstić information content (AvgIpc) is 2.70. The smallest absolute Gasteiger partial charge is 0.410 e.